The Morgan fingerprint density at radius 3 is 1.81 bits per heavy atom. The molecular weight excluding hydrogens is 338 g/mol. The molecule has 0 amide bonds. The minimum absolute atomic E-state index is 0.101. The zero-order valence-corrected chi connectivity index (χ0v) is 18.4. The fourth-order valence-electron chi connectivity index (χ4n) is 3.41. The Balaban J connectivity index is 3.21. The van der Waals surface area contributed by atoms with Crippen LogP contribution in [0.15, 0.2) is 0 Å². The lowest BCUT2D eigenvalue weighted by atomic mass is 10.0. The molecule has 0 aromatic heterocycles. The van der Waals surface area contributed by atoms with E-state index in [2.05, 4.69) is 19.2 Å². The summed E-state index contributed by atoms with van der Waals surface area (Å²) < 4.78 is 5.60. The Bertz CT molecular complexity index is 276. The highest BCUT2D eigenvalue weighted by atomic mass is 16.5. The van der Waals surface area contributed by atoms with Gasteiger partial charge in [0.05, 0.1) is 19.3 Å². The molecule has 4 heteroatoms. The number of unbranched alkanes of at least 4 members (excludes halogenated alkanes) is 12. The van der Waals surface area contributed by atoms with Gasteiger partial charge in [0.15, 0.2) is 0 Å². The number of aliphatic hydroxyl groups is 2. The number of hydrogen-bond acceptors (Lipinski definition) is 4. The Kier molecular flexibility index (Phi) is 22.0. The van der Waals surface area contributed by atoms with Crippen LogP contribution < -0.4 is 5.32 Å². The minimum atomic E-state index is -0.486. The van der Waals surface area contributed by atoms with Crippen molar-refractivity contribution in [3.05, 3.63) is 0 Å². The maximum Gasteiger partial charge on any atom is 0.0897 e. The number of rotatable bonds is 22. The first kappa shape index (κ1) is 26.8. The fourth-order valence-corrected chi connectivity index (χ4v) is 3.41. The van der Waals surface area contributed by atoms with Crippen molar-refractivity contribution in [2.45, 2.75) is 110 Å². The van der Waals surface area contributed by atoms with Crippen molar-refractivity contribution in [3.8, 4) is 0 Å². The van der Waals surface area contributed by atoms with Crippen molar-refractivity contribution in [2.75, 3.05) is 32.9 Å². The first-order valence-corrected chi connectivity index (χ1v) is 11.8. The topological polar surface area (TPSA) is 61.7 Å². The third kappa shape index (κ3) is 22.0. The molecule has 0 aromatic carbocycles. The molecule has 4 nitrogen and oxygen atoms in total. The highest BCUT2D eigenvalue weighted by molar-refractivity contribution is 4.59. The molecule has 0 aliphatic rings. The number of aliphatic hydroxyl groups excluding tert-OH is 2. The summed E-state index contributed by atoms with van der Waals surface area (Å²) in [6.07, 6.45) is 18.9. The minimum Gasteiger partial charge on any atom is -0.395 e. The van der Waals surface area contributed by atoms with Crippen molar-refractivity contribution < 1.29 is 14.9 Å². The van der Waals surface area contributed by atoms with Crippen LogP contribution in [-0.2, 0) is 4.74 Å². The van der Waals surface area contributed by atoms with Crippen molar-refractivity contribution in [2.24, 2.45) is 5.92 Å². The van der Waals surface area contributed by atoms with Crippen LogP contribution in [0, 0.1) is 5.92 Å². The molecule has 0 heterocycles. The smallest absolute Gasteiger partial charge is 0.0897 e. The molecule has 3 N–H and O–H groups in total. The Labute approximate surface area is 169 Å². The van der Waals surface area contributed by atoms with Gasteiger partial charge in [-0.15, -0.1) is 0 Å². The lowest BCUT2D eigenvalue weighted by Gasteiger charge is -2.15. The molecule has 0 spiro atoms. The summed E-state index contributed by atoms with van der Waals surface area (Å²) in [4.78, 5) is 0. The predicted molar refractivity (Wildman–Crippen MR) is 116 cm³/mol. The van der Waals surface area contributed by atoms with Gasteiger partial charge in [0, 0.05) is 19.7 Å². The van der Waals surface area contributed by atoms with Crippen LogP contribution in [0.1, 0.15) is 104 Å². The van der Waals surface area contributed by atoms with Gasteiger partial charge in [-0.2, -0.15) is 0 Å². The fraction of sp³-hybridized carbons (Fsp3) is 1.00. The summed E-state index contributed by atoms with van der Waals surface area (Å²) in [6.45, 7) is 6.72. The van der Waals surface area contributed by atoms with Gasteiger partial charge in [0.2, 0.25) is 0 Å². The zero-order valence-electron chi connectivity index (χ0n) is 18.4. The van der Waals surface area contributed by atoms with Gasteiger partial charge in [-0.1, -0.05) is 97.3 Å². The van der Waals surface area contributed by atoms with Gasteiger partial charge in [-0.05, 0) is 12.3 Å². The molecule has 0 aliphatic heterocycles. The summed E-state index contributed by atoms with van der Waals surface area (Å²) in [7, 11) is 0. The van der Waals surface area contributed by atoms with Gasteiger partial charge >= 0.3 is 0 Å². The molecule has 0 rings (SSSR count). The lowest BCUT2D eigenvalue weighted by Crippen LogP contribution is -2.32. The molecule has 164 valence electrons. The molecule has 0 aromatic rings. The predicted octanol–water partition coefficient (Wildman–Crippen LogP) is 5.06. The molecule has 0 saturated heterocycles. The molecule has 0 fully saturated rings. The average molecular weight is 388 g/mol. The molecule has 0 saturated carbocycles. The molecule has 2 atom stereocenters. The SMILES string of the molecule is CCCCCCCCCCCCCCCC(C)COCC(O)CNCCO. The molecular formula is C23H49NO3. The highest BCUT2D eigenvalue weighted by Gasteiger charge is 2.06. The van der Waals surface area contributed by atoms with E-state index < -0.39 is 6.10 Å². The van der Waals surface area contributed by atoms with Crippen LogP contribution in [0.25, 0.3) is 0 Å². The second-order valence-electron chi connectivity index (χ2n) is 8.26. The monoisotopic (exact) mass is 387 g/mol. The Morgan fingerprint density at radius 1 is 0.778 bits per heavy atom. The van der Waals surface area contributed by atoms with E-state index in [0.717, 1.165) is 6.61 Å². The van der Waals surface area contributed by atoms with Gasteiger partial charge < -0.3 is 20.3 Å². The summed E-state index contributed by atoms with van der Waals surface area (Å²) in [5.41, 5.74) is 0. The van der Waals surface area contributed by atoms with Crippen molar-refractivity contribution >= 4 is 0 Å². The maximum absolute atomic E-state index is 9.72. The van der Waals surface area contributed by atoms with E-state index in [1.165, 1.54) is 89.9 Å². The first-order chi connectivity index (χ1) is 13.2. The van der Waals surface area contributed by atoms with Crippen LogP contribution in [0.3, 0.4) is 0 Å². The molecule has 0 bridgehead atoms. The Hall–Kier alpha value is -0.160. The van der Waals surface area contributed by atoms with Crippen LogP contribution >= 0.6 is 0 Å². The van der Waals surface area contributed by atoms with E-state index in [-0.39, 0.29) is 6.61 Å². The van der Waals surface area contributed by atoms with Gasteiger partial charge in [-0.3, -0.25) is 0 Å². The van der Waals surface area contributed by atoms with E-state index in [1.54, 1.807) is 0 Å². The third-order valence-electron chi connectivity index (χ3n) is 5.18. The van der Waals surface area contributed by atoms with E-state index in [4.69, 9.17) is 9.84 Å². The summed E-state index contributed by atoms with van der Waals surface area (Å²) in [5, 5.41) is 21.4. The number of hydrogen-bond donors (Lipinski definition) is 3. The maximum atomic E-state index is 9.72. The molecule has 27 heavy (non-hydrogen) atoms. The second-order valence-corrected chi connectivity index (χ2v) is 8.26. The first-order valence-electron chi connectivity index (χ1n) is 11.8. The summed E-state index contributed by atoms with van der Waals surface area (Å²) in [5.74, 6) is 0.565. The molecule has 2 unspecified atom stereocenters. The van der Waals surface area contributed by atoms with Crippen molar-refractivity contribution in [3.63, 3.8) is 0 Å². The van der Waals surface area contributed by atoms with E-state index in [1.807, 2.05) is 0 Å². The third-order valence-corrected chi connectivity index (χ3v) is 5.18. The largest absolute Gasteiger partial charge is 0.395 e. The average Bonchev–Trinajstić information content (AvgIpc) is 2.65. The van der Waals surface area contributed by atoms with Gasteiger partial charge in [0.1, 0.15) is 0 Å². The van der Waals surface area contributed by atoms with E-state index in [9.17, 15) is 5.11 Å². The second kappa shape index (κ2) is 22.1. The van der Waals surface area contributed by atoms with E-state index >= 15 is 0 Å². The van der Waals surface area contributed by atoms with Gasteiger partial charge in [0.25, 0.3) is 0 Å². The summed E-state index contributed by atoms with van der Waals surface area (Å²) >= 11 is 0. The standard InChI is InChI=1S/C23H49NO3/c1-3-4-5-6-7-8-9-10-11-12-13-14-15-16-22(2)20-27-21-23(26)19-24-17-18-25/h22-26H,3-21H2,1-2H3. The van der Waals surface area contributed by atoms with E-state index in [0.29, 0.717) is 25.6 Å². The number of ether oxygens (including phenoxy) is 1. The lowest BCUT2D eigenvalue weighted by molar-refractivity contribution is 0.0222. The quantitative estimate of drug-likeness (QED) is 0.227. The van der Waals surface area contributed by atoms with Crippen LogP contribution in [0.5, 0.6) is 0 Å². The van der Waals surface area contributed by atoms with Crippen LogP contribution in [-0.4, -0.2) is 49.2 Å². The van der Waals surface area contributed by atoms with Crippen LogP contribution in [0.2, 0.25) is 0 Å². The zero-order chi connectivity index (χ0) is 20.0. The van der Waals surface area contributed by atoms with Gasteiger partial charge in [-0.25, -0.2) is 0 Å². The molecule has 0 radical (unpaired) electrons. The number of nitrogens with one attached hydrogen (secondary N) is 1. The normalized spacial score (nSPS) is 13.8. The Morgan fingerprint density at radius 2 is 1.30 bits per heavy atom. The van der Waals surface area contributed by atoms with Crippen LogP contribution in [0.4, 0.5) is 0 Å². The van der Waals surface area contributed by atoms with Crippen molar-refractivity contribution in [1.82, 2.24) is 5.32 Å². The van der Waals surface area contributed by atoms with Crippen molar-refractivity contribution in [1.29, 1.82) is 0 Å². The molecule has 0 aliphatic carbocycles. The highest BCUT2D eigenvalue weighted by Crippen LogP contribution is 2.14. The summed E-state index contributed by atoms with van der Waals surface area (Å²) in [6, 6.07) is 0.